The highest BCUT2D eigenvalue weighted by Crippen LogP contribution is 2.11. The van der Waals surface area contributed by atoms with E-state index >= 15 is 0 Å². The number of hydrogen-bond donors (Lipinski definition) is 2. The summed E-state index contributed by atoms with van der Waals surface area (Å²) in [4.78, 5) is 11.8. The highest BCUT2D eigenvalue weighted by molar-refractivity contribution is 5.85. The van der Waals surface area contributed by atoms with Crippen LogP contribution < -0.4 is 15.4 Å². The molecule has 1 aromatic rings. The second-order valence-electron chi connectivity index (χ2n) is 4.87. The molecule has 1 aliphatic heterocycles. The first-order chi connectivity index (χ1) is 9.75. The molecule has 6 heteroatoms. The predicted molar refractivity (Wildman–Crippen MR) is 84.2 cm³/mol. The molecule has 1 fully saturated rings. The van der Waals surface area contributed by atoms with Crippen LogP contribution in [0.1, 0.15) is 12.0 Å². The summed E-state index contributed by atoms with van der Waals surface area (Å²) in [6, 6.07) is 7.94. The Kier molecular flexibility index (Phi) is 8.12. The molecule has 0 aromatic heterocycles. The van der Waals surface area contributed by atoms with Crippen molar-refractivity contribution in [2.24, 2.45) is 0 Å². The maximum atomic E-state index is 11.8. The van der Waals surface area contributed by atoms with Crippen LogP contribution in [0.2, 0.25) is 0 Å². The average molecular weight is 315 g/mol. The van der Waals surface area contributed by atoms with Crippen molar-refractivity contribution >= 4 is 18.3 Å². The SMILES string of the molecule is Cc1ccc(OCCCNC(=O)C2CNCCO2)cc1.Cl. The van der Waals surface area contributed by atoms with Gasteiger partial charge in [-0.05, 0) is 25.5 Å². The van der Waals surface area contributed by atoms with Crippen LogP contribution >= 0.6 is 12.4 Å². The number of rotatable bonds is 6. The Morgan fingerprint density at radius 3 is 2.86 bits per heavy atom. The largest absolute Gasteiger partial charge is 0.494 e. The third kappa shape index (κ3) is 6.33. The second-order valence-corrected chi connectivity index (χ2v) is 4.87. The highest BCUT2D eigenvalue weighted by atomic mass is 35.5. The van der Waals surface area contributed by atoms with Gasteiger partial charge in [-0.25, -0.2) is 0 Å². The summed E-state index contributed by atoms with van der Waals surface area (Å²) in [6.07, 6.45) is 0.418. The summed E-state index contributed by atoms with van der Waals surface area (Å²) in [5.41, 5.74) is 1.21. The first-order valence-corrected chi connectivity index (χ1v) is 7.05. The van der Waals surface area contributed by atoms with Crippen molar-refractivity contribution < 1.29 is 14.3 Å². The predicted octanol–water partition coefficient (Wildman–Crippen LogP) is 1.29. The van der Waals surface area contributed by atoms with E-state index in [1.165, 1.54) is 5.56 Å². The van der Waals surface area contributed by atoms with Gasteiger partial charge in [-0.3, -0.25) is 4.79 Å². The number of amides is 1. The molecule has 5 nitrogen and oxygen atoms in total. The molecule has 118 valence electrons. The van der Waals surface area contributed by atoms with Crippen LogP contribution in [0.4, 0.5) is 0 Å². The Labute approximate surface area is 131 Å². The fourth-order valence-corrected chi connectivity index (χ4v) is 1.96. The van der Waals surface area contributed by atoms with E-state index in [4.69, 9.17) is 9.47 Å². The van der Waals surface area contributed by atoms with Crippen LogP contribution in [0.3, 0.4) is 0 Å². The molecule has 21 heavy (non-hydrogen) atoms. The van der Waals surface area contributed by atoms with Crippen LogP contribution in [-0.4, -0.2) is 44.9 Å². The summed E-state index contributed by atoms with van der Waals surface area (Å²) >= 11 is 0. The van der Waals surface area contributed by atoms with Crippen LogP contribution in [0.5, 0.6) is 5.75 Å². The van der Waals surface area contributed by atoms with Gasteiger partial charge in [0, 0.05) is 19.6 Å². The zero-order valence-electron chi connectivity index (χ0n) is 12.3. The fourth-order valence-electron chi connectivity index (χ4n) is 1.96. The van der Waals surface area contributed by atoms with E-state index in [-0.39, 0.29) is 24.4 Å². The van der Waals surface area contributed by atoms with E-state index in [0.29, 0.717) is 26.3 Å². The van der Waals surface area contributed by atoms with Gasteiger partial charge in [0.1, 0.15) is 11.9 Å². The molecule has 1 aliphatic rings. The molecule has 2 rings (SSSR count). The molecule has 0 saturated carbocycles. The van der Waals surface area contributed by atoms with E-state index in [0.717, 1.165) is 18.7 Å². The van der Waals surface area contributed by atoms with E-state index in [9.17, 15) is 4.79 Å². The molecule has 0 radical (unpaired) electrons. The summed E-state index contributed by atoms with van der Waals surface area (Å²) in [5, 5.41) is 6.00. The molecular formula is C15H23ClN2O3. The zero-order valence-corrected chi connectivity index (χ0v) is 13.1. The maximum Gasteiger partial charge on any atom is 0.250 e. The first kappa shape index (κ1) is 17.8. The van der Waals surface area contributed by atoms with Gasteiger partial charge in [-0.15, -0.1) is 12.4 Å². The van der Waals surface area contributed by atoms with Crippen molar-refractivity contribution in [3.05, 3.63) is 29.8 Å². The van der Waals surface area contributed by atoms with Crippen molar-refractivity contribution in [3.8, 4) is 5.75 Å². The summed E-state index contributed by atoms with van der Waals surface area (Å²) in [5.74, 6) is 0.814. The lowest BCUT2D eigenvalue weighted by Gasteiger charge is -2.22. The summed E-state index contributed by atoms with van der Waals surface area (Å²) < 4.78 is 11.0. The van der Waals surface area contributed by atoms with Gasteiger partial charge in [0.05, 0.1) is 13.2 Å². The number of carbonyl (C=O) groups is 1. The number of nitrogens with one attached hydrogen (secondary N) is 2. The number of benzene rings is 1. The topological polar surface area (TPSA) is 59.6 Å². The number of morpholine rings is 1. The van der Waals surface area contributed by atoms with E-state index in [2.05, 4.69) is 10.6 Å². The minimum atomic E-state index is -0.359. The standard InChI is InChI=1S/C15H22N2O3.ClH/c1-12-3-5-13(6-4-12)19-9-2-7-17-15(18)14-11-16-8-10-20-14;/h3-6,14,16H,2,7-11H2,1H3,(H,17,18);1H. The highest BCUT2D eigenvalue weighted by Gasteiger charge is 2.20. The molecular weight excluding hydrogens is 292 g/mol. The quantitative estimate of drug-likeness (QED) is 0.777. The Balaban J connectivity index is 0.00000220. The Morgan fingerprint density at radius 1 is 1.43 bits per heavy atom. The lowest BCUT2D eigenvalue weighted by Crippen LogP contribution is -2.48. The lowest BCUT2D eigenvalue weighted by molar-refractivity contribution is -0.134. The number of hydrogen-bond acceptors (Lipinski definition) is 4. The molecule has 1 atom stereocenters. The third-order valence-electron chi connectivity index (χ3n) is 3.13. The number of aryl methyl sites for hydroxylation is 1. The van der Waals surface area contributed by atoms with Crippen LogP contribution in [0.15, 0.2) is 24.3 Å². The van der Waals surface area contributed by atoms with E-state index in [1.54, 1.807) is 0 Å². The second kappa shape index (κ2) is 9.60. The van der Waals surface area contributed by atoms with Crippen molar-refractivity contribution in [1.29, 1.82) is 0 Å². The van der Waals surface area contributed by atoms with Gasteiger partial charge >= 0.3 is 0 Å². The van der Waals surface area contributed by atoms with E-state index in [1.807, 2.05) is 31.2 Å². The zero-order chi connectivity index (χ0) is 14.2. The molecule has 2 N–H and O–H groups in total. The van der Waals surface area contributed by atoms with Crippen LogP contribution in [-0.2, 0) is 9.53 Å². The minimum absolute atomic E-state index is 0. The normalized spacial score (nSPS) is 17.7. The fraction of sp³-hybridized carbons (Fsp3) is 0.533. The van der Waals surface area contributed by atoms with Gasteiger partial charge in [0.2, 0.25) is 5.91 Å². The smallest absolute Gasteiger partial charge is 0.250 e. The van der Waals surface area contributed by atoms with Gasteiger partial charge in [-0.2, -0.15) is 0 Å². The van der Waals surface area contributed by atoms with Gasteiger partial charge in [0.25, 0.3) is 0 Å². The maximum absolute atomic E-state index is 11.8. The molecule has 1 saturated heterocycles. The Morgan fingerprint density at radius 2 is 2.19 bits per heavy atom. The summed E-state index contributed by atoms with van der Waals surface area (Å²) in [7, 11) is 0. The van der Waals surface area contributed by atoms with Crippen molar-refractivity contribution in [2.45, 2.75) is 19.4 Å². The monoisotopic (exact) mass is 314 g/mol. The Bertz CT molecular complexity index is 419. The molecule has 1 amide bonds. The molecule has 0 spiro atoms. The lowest BCUT2D eigenvalue weighted by atomic mass is 10.2. The summed E-state index contributed by atoms with van der Waals surface area (Å²) in [6.45, 7) is 5.23. The molecule has 0 bridgehead atoms. The van der Waals surface area contributed by atoms with Gasteiger partial charge in [-0.1, -0.05) is 17.7 Å². The van der Waals surface area contributed by atoms with E-state index < -0.39 is 0 Å². The average Bonchev–Trinajstić information content (AvgIpc) is 2.49. The molecule has 1 heterocycles. The number of ether oxygens (including phenoxy) is 2. The number of carbonyl (C=O) groups excluding carboxylic acids is 1. The number of halogens is 1. The van der Waals surface area contributed by atoms with Crippen LogP contribution in [0.25, 0.3) is 0 Å². The third-order valence-corrected chi connectivity index (χ3v) is 3.13. The first-order valence-electron chi connectivity index (χ1n) is 7.05. The van der Waals surface area contributed by atoms with Crippen molar-refractivity contribution in [2.75, 3.05) is 32.8 Å². The molecule has 0 aliphatic carbocycles. The molecule has 1 aromatic carbocycles. The van der Waals surface area contributed by atoms with Crippen LogP contribution in [0, 0.1) is 6.92 Å². The molecule has 1 unspecified atom stereocenters. The Hall–Kier alpha value is -1.30. The van der Waals surface area contributed by atoms with Crippen molar-refractivity contribution in [3.63, 3.8) is 0 Å². The minimum Gasteiger partial charge on any atom is -0.494 e. The van der Waals surface area contributed by atoms with Gasteiger partial charge in [0.15, 0.2) is 0 Å². The van der Waals surface area contributed by atoms with Crippen molar-refractivity contribution in [1.82, 2.24) is 10.6 Å². The van der Waals surface area contributed by atoms with Gasteiger partial charge < -0.3 is 20.1 Å².